The lowest BCUT2D eigenvalue weighted by molar-refractivity contribution is -0.130. The lowest BCUT2D eigenvalue weighted by Crippen LogP contribution is -2.37. The Bertz CT molecular complexity index is 227. The number of thioether (sulfide) groups is 1. The molecule has 0 N–H and O–H groups in total. The van der Waals surface area contributed by atoms with Crippen LogP contribution in [0.1, 0.15) is 71.1 Å². The molecule has 112 valence electrons. The maximum Gasteiger partial charge on any atom is 0.222 e. The molecule has 0 bridgehead atoms. The van der Waals surface area contributed by atoms with Gasteiger partial charge in [0.05, 0.1) is 0 Å². The summed E-state index contributed by atoms with van der Waals surface area (Å²) >= 11 is 1.97. The maximum absolute atomic E-state index is 11.9. The van der Waals surface area contributed by atoms with Gasteiger partial charge < -0.3 is 4.90 Å². The molecule has 0 saturated carbocycles. The summed E-state index contributed by atoms with van der Waals surface area (Å²) < 4.78 is 0. The van der Waals surface area contributed by atoms with Crippen LogP contribution >= 0.6 is 11.8 Å². The van der Waals surface area contributed by atoms with Crippen LogP contribution in [0, 0.1) is 0 Å². The van der Waals surface area contributed by atoms with Crippen LogP contribution in [0.4, 0.5) is 0 Å². The Kier molecular flexibility index (Phi) is 10.3. The smallest absolute Gasteiger partial charge is 0.222 e. The first-order chi connectivity index (χ1) is 9.34. The van der Waals surface area contributed by atoms with Crippen molar-refractivity contribution in [1.29, 1.82) is 0 Å². The topological polar surface area (TPSA) is 20.3 Å². The zero-order valence-corrected chi connectivity index (χ0v) is 13.5. The molecule has 19 heavy (non-hydrogen) atoms. The van der Waals surface area contributed by atoms with E-state index < -0.39 is 0 Å². The van der Waals surface area contributed by atoms with E-state index in [0.29, 0.717) is 5.91 Å². The van der Waals surface area contributed by atoms with Crippen LogP contribution in [0.5, 0.6) is 0 Å². The number of amides is 1. The highest BCUT2D eigenvalue weighted by Gasteiger charge is 2.15. The van der Waals surface area contributed by atoms with Crippen LogP contribution in [0.25, 0.3) is 0 Å². The van der Waals surface area contributed by atoms with Crippen molar-refractivity contribution in [3.63, 3.8) is 0 Å². The van der Waals surface area contributed by atoms with Crippen molar-refractivity contribution in [3.05, 3.63) is 0 Å². The largest absolute Gasteiger partial charge is 0.341 e. The molecule has 1 aliphatic rings. The SMILES string of the molecule is CCCCCCCCCCCC(=O)N1CCSCC1. The van der Waals surface area contributed by atoms with Gasteiger partial charge in [-0.1, -0.05) is 58.3 Å². The Labute approximate surface area is 123 Å². The van der Waals surface area contributed by atoms with Crippen LogP contribution < -0.4 is 0 Å². The zero-order valence-electron chi connectivity index (χ0n) is 12.7. The number of nitrogens with zero attached hydrogens (tertiary/aromatic N) is 1. The van der Waals surface area contributed by atoms with E-state index in [9.17, 15) is 4.79 Å². The van der Waals surface area contributed by atoms with E-state index in [4.69, 9.17) is 0 Å². The van der Waals surface area contributed by atoms with Gasteiger partial charge in [-0.05, 0) is 6.42 Å². The second-order valence-electron chi connectivity index (χ2n) is 5.57. The second-order valence-corrected chi connectivity index (χ2v) is 6.80. The van der Waals surface area contributed by atoms with E-state index in [2.05, 4.69) is 11.8 Å². The fourth-order valence-electron chi connectivity index (χ4n) is 2.56. The summed E-state index contributed by atoms with van der Waals surface area (Å²) in [6.07, 6.45) is 12.7. The van der Waals surface area contributed by atoms with E-state index in [1.54, 1.807) is 0 Å². The first-order valence-electron chi connectivity index (χ1n) is 8.20. The summed E-state index contributed by atoms with van der Waals surface area (Å²) in [7, 11) is 0. The quantitative estimate of drug-likeness (QED) is 0.551. The molecule has 0 aromatic carbocycles. The normalized spacial score (nSPS) is 15.7. The average molecular weight is 285 g/mol. The molecule has 1 saturated heterocycles. The van der Waals surface area contributed by atoms with Crippen LogP contribution in [0.2, 0.25) is 0 Å². The van der Waals surface area contributed by atoms with Gasteiger partial charge in [0, 0.05) is 31.0 Å². The molecule has 3 heteroatoms. The standard InChI is InChI=1S/C16H31NOS/c1-2-3-4-5-6-7-8-9-10-11-16(18)17-12-14-19-15-13-17/h2-15H2,1H3. The molecule has 0 aromatic heterocycles. The minimum absolute atomic E-state index is 0.392. The van der Waals surface area contributed by atoms with Crippen LogP contribution in [-0.2, 0) is 4.79 Å². The van der Waals surface area contributed by atoms with Crippen molar-refractivity contribution >= 4 is 17.7 Å². The lowest BCUT2D eigenvalue weighted by Gasteiger charge is -2.26. The summed E-state index contributed by atoms with van der Waals surface area (Å²) in [6, 6.07) is 0. The third-order valence-corrected chi connectivity index (χ3v) is 4.80. The average Bonchev–Trinajstić information content (AvgIpc) is 2.46. The van der Waals surface area contributed by atoms with Crippen molar-refractivity contribution in [2.45, 2.75) is 71.1 Å². The van der Waals surface area contributed by atoms with Gasteiger partial charge in [0.1, 0.15) is 0 Å². The molecule has 1 rings (SSSR count). The molecule has 1 amide bonds. The van der Waals surface area contributed by atoms with Crippen LogP contribution in [0.15, 0.2) is 0 Å². The van der Waals surface area contributed by atoms with Gasteiger partial charge in [0.15, 0.2) is 0 Å². The predicted molar refractivity (Wildman–Crippen MR) is 85.7 cm³/mol. The molecule has 0 aliphatic carbocycles. The van der Waals surface area contributed by atoms with E-state index in [1.807, 2.05) is 11.8 Å². The van der Waals surface area contributed by atoms with E-state index >= 15 is 0 Å². The van der Waals surface area contributed by atoms with Gasteiger partial charge in [0.2, 0.25) is 5.91 Å². The van der Waals surface area contributed by atoms with Crippen molar-refractivity contribution in [1.82, 2.24) is 4.90 Å². The van der Waals surface area contributed by atoms with Gasteiger partial charge >= 0.3 is 0 Å². The summed E-state index contributed by atoms with van der Waals surface area (Å²) in [5.41, 5.74) is 0. The van der Waals surface area contributed by atoms with Gasteiger partial charge in [-0.25, -0.2) is 0 Å². The Morgan fingerprint density at radius 3 is 2.00 bits per heavy atom. The fraction of sp³-hybridized carbons (Fsp3) is 0.938. The zero-order chi connectivity index (χ0) is 13.8. The van der Waals surface area contributed by atoms with Gasteiger partial charge in [-0.3, -0.25) is 4.79 Å². The molecule has 1 heterocycles. The Morgan fingerprint density at radius 2 is 1.42 bits per heavy atom. The number of hydrogen-bond acceptors (Lipinski definition) is 2. The number of carbonyl (C=O) groups excluding carboxylic acids is 1. The monoisotopic (exact) mass is 285 g/mol. The molecule has 0 unspecified atom stereocenters. The number of hydrogen-bond donors (Lipinski definition) is 0. The highest BCUT2D eigenvalue weighted by molar-refractivity contribution is 7.99. The first-order valence-corrected chi connectivity index (χ1v) is 9.35. The molecule has 2 nitrogen and oxygen atoms in total. The number of unbranched alkanes of at least 4 members (excludes halogenated alkanes) is 8. The Morgan fingerprint density at radius 1 is 0.895 bits per heavy atom. The van der Waals surface area contributed by atoms with Crippen LogP contribution in [0.3, 0.4) is 0 Å². The summed E-state index contributed by atoms with van der Waals surface area (Å²) in [4.78, 5) is 14.0. The van der Waals surface area contributed by atoms with Gasteiger partial charge in [0.25, 0.3) is 0 Å². The molecular weight excluding hydrogens is 254 g/mol. The minimum Gasteiger partial charge on any atom is -0.341 e. The number of rotatable bonds is 10. The van der Waals surface area contributed by atoms with Crippen molar-refractivity contribution in [2.75, 3.05) is 24.6 Å². The van der Waals surface area contributed by atoms with Crippen molar-refractivity contribution < 1.29 is 4.79 Å². The van der Waals surface area contributed by atoms with Gasteiger partial charge in [-0.15, -0.1) is 0 Å². The fourth-order valence-corrected chi connectivity index (χ4v) is 3.46. The number of carbonyl (C=O) groups is 1. The first kappa shape index (κ1) is 16.9. The Hall–Kier alpha value is -0.180. The third-order valence-electron chi connectivity index (χ3n) is 3.86. The summed E-state index contributed by atoms with van der Waals surface area (Å²) in [5, 5.41) is 0. The van der Waals surface area contributed by atoms with E-state index in [1.165, 1.54) is 51.4 Å². The van der Waals surface area contributed by atoms with E-state index in [0.717, 1.165) is 37.4 Å². The predicted octanol–water partition coefficient (Wildman–Crippen LogP) is 4.48. The molecule has 0 spiro atoms. The third kappa shape index (κ3) is 8.56. The van der Waals surface area contributed by atoms with Crippen molar-refractivity contribution in [3.8, 4) is 0 Å². The molecule has 0 atom stereocenters. The minimum atomic E-state index is 0.392. The second kappa shape index (κ2) is 11.6. The highest BCUT2D eigenvalue weighted by atomic mass is 32.2. The van der Waals surface area contributed by atoms with Gasteiger partial charge in [-0.2, -0.15) is 11.8 Å². The van der Waals surface area contributed by atoms with Crippen LogP contribution in [-0.4, -0.2) is 35.4 Å². The maximum atomic E-state index is 11.9. The highest BCUT2D eigenvalue weighted by Crippen LogP contribution is 2.13. The molecule has 1 fully saturated rings. The Balaban J connectivity index is 1.86. The molecule has 1 aliphatic heterocycles. The van der Waals surface area contributed by atoms with E-state index in [-0.39, 0.29) is 0 Å². The molecule has 0 radical (unpaired) electrons. The molecule has 0 aromatic rings. The molecular formula is C16H31NOS. The lowest BCUT2D eigenvalue weighted by atomic mass is 10.1. The summed E-state index contributed by atoms with van der Waals surface area (Å²) in [5.74, 6) is 2.65. The van der Waals surface area contributed by atoms with Crippen molar-refractivity contribution in [2.24, 2.45) is 0 Å². The summed E-state index contributed by atoms with van der Waals surface area (Å²) in [6.45, 7) is 4.21.